The normalized spacial score (nSPS) is 17.1. The smallest absolute Gasteiger partial charge is 0.279 e. The van der Waals surface area contributed by atoms with Crippen molar-refractivity contribution in [3.05, 3.63) is 45.1 Å². The highest BCUT2D eigenvalue weighted by Crippen LogP contribution is 2.41. The number of carbonyl (C=O) groups excluding carboxylic acids is 1. The number of thiophene rings is 1. The van der Waals surface area contributed by atoms with Crippen LogP contribution in [0.1, 0.15) is 57.5 Å². The predicted molar refractivity (Wildman–Crippen MR) is 128 cm³/mol. The number of aryl methyl sites for hydroxylation is 1. The molecule has 32 heavy (non-hydrogen) atoms. The number of nitrogens with one attached hydrogen (secondary N) is 1. The summed E-state index contributed by atoms with van der Waals surface area (Å²) in [4.78, 5) is 28.1. The second-order valence-corrected chi connectivity index (χ2v) is 10.5. The number of aromatic nitrogens is 3. The molecule has 0 bridgehead atoms. The molecule has 0 radical (unpaired) electrons. The fourth-order valence-electron chi connectivity index (χ4n) is 4.26. The highest BCUT2D eigenvalue weighted by atomic mass is 32.1. The molecule has 0 saturated heterocycles. The van der Waals surface area contributed by atoms with Crippen LogP contribution >= 0.6 is 11.3 Å². The molecule has 1 aliphatic carbocycles. The molecule has 2 aromatic heterocycles. The average molecular weight is 455 g/mol. The number of anilines is 1. The van der Waals surface area contributed by atoms with Crippen molar-refractivity contribution in [3.63, 3.8) is 0 Å². The molecule has 0 fully saturated rings. The van der Waals surface area contributed by atoms with E-state index in [1.807, 2.05) is 6.92 Å². The van der Waals surface area contributed by atoms with Gasteiger partial charge in [-0.15, -0.1) is 16.4 Å². The summed E-state index contributed by atoms with van der Waals surface area (Å²) < 4.78 is 6.63. The van der Waals surface area contributed by atoms with Crippen LogP contribution in [0, 0.1) is 11.3 Å². The van der Waals surface area contributed by atoms with Gasteiger partial charge in [-0.1, -0.05) is 26.0 Å². The van der Waals surface area contributed by atoms with E-state index < -0.39 is 6.04 Å². The Morgan fingerprint density at radius 2 is 2.03 bits per heavy atom. The molecule has 0 aliphatic heterocycles. The van der Waals surface area contributed by atoms with Gasteiger partial charge in [-0.2, -0.15) is 4.68 Å². The quantitative estimate of drug-likeness (QED) is 0.609. The summed E-state index contributed by atoms with van der Waals surface area (Å²) >= 11 is 1.57. The van der Waals surface area contributed by atoms with Crippen LogP contribution in [-0.4, -0.2) is 27.5 Å². The fraction of sp³-hybridized carbons (Fsp3) is 0.500. The Labute approximate surface area is 191 Å². The summed E-state index contributed by atoms with van der Waals surface area (Å²) in [5.41, 5.74) is 1.72. The Morgan fingerprint density at radius 1 is 1.31 bits per heavy atom. The monoisotopic (exact) mass is 454 g/mol. The van der Waals surface area contributed by atoms with Crippen LogP contribution in [-0.2, 0) is 17.6 Å². The third kappa shape index (κ3) is 4.28. The lowest BCUT2D eigenvalue weighted by Gasteiger charge is -2.33. The van der Waals surface area contributed by atoms with E-state index in [1.165, 1.54) is 9.56 Å². The number of nitrogens with zero attached hydrogens (tertiary/aromatic N) is 3. The van der Waals surface area contributed by atoms with E-state index in [9.17, 15) is 9.59 Å². The third-order valence-electron chi connectivity index (χ3n) is 6.30. The topological polar surface area (TPSA) is 86.1 Å². The molecule has 0 spiro atoms. The number of amides is 1. The zero-order valence-electron chi connectivity index (χ0n) is 19.3. The molecule has 0 saturated carbocycles. The Hall–Kier alpha value is -2.74. The largest absolute Gasteiger partial charge is 0.494 e. The Morgan fingerprint density at radius 3 is 2.69 bits per heavy atom. The Bertz CT molecular complexity index is 1190. The number of rotatable bonds is 5. The molecule has 7 nitrogen and oxygen atoms in total. The highest BCUT2D eigenvalue weighted by Gasteiger charge is 2.32. The van der Waals surface area contributed by atoms with Crippen molar-refractivity contribution in [1.29, 1.82) is 0 Å². The van der Waals surface area contributed by atoms with Crippen molar-refractivity contribution in [3.8, 4) is 5.75 Å². The average Bonchev–Trinajstić information content (AvgIpc) is 3.13. The molecule has 3 aromatic rings. The van der Waals surface area contributed by atoms with Gasteiger partial charge in [-0.25, -0.2) is 0 Å². The molecular formula is C24H30N4O3S. The molecule has 1 aromatic carbocycles. The predicted octanol–water partition coefficient (Wildman–Crippen LogP) is 4.60. The van der Waals surface area contributed by atoms with E-state index in [4.69, 9.17) is 4.74 Å². The lowest BCUT2D eigenvalue weighted by atomic mass is 9.72. The van der Waals surface area contributed by atoms with Crippen LogP contribution in [0.2, 0.25) is 0 Å². The van der Waals surface area contributed by atoms with E-state index in [-0.39, 0.29) is 16.9 Å². The molecule has 1 amide bonds. The van der Waals surface area contributed by atoms with Gasteiger partial charge in [0.05, 0.1) is 12.0 Å². The zero-order chi connectivity index (χ0) is 23.0. The summed E-state index contributed by atoms with van der Waals surface area (Å²) in [5.74, 6) is 1.00. The van der Waals surface area contributed by atoms with Crippen molar-refractivity contribution >= 4 is 33.1 Å². The van der Waals surface area contributed by atoms with Gasteiger partial charge in [0.2, 0.25) is 5.91 Å². The van der Waals surface area contributed by atoms with Crippen LogP contribution in [0.5, 0.6) is 5.75 Å². The van der Waals surface area contributed by atoms with Crippen LogP contribution in [0.4, 0.5) is 5.69 Å². The first-order valence-corrected chi connectivity index (χ1v) is 11.9. The molecular weight excluding hydrogens is 424 g/mol. The van der Waals surface area contributed by atoms with E-state index >= 15 is 0 Å². The number of ether oxygens (including phenoxy) is 1. The molecule has 1 N–H and O–H groups in total. The molecule has 2 atom stereocenters. The Balaban J connectivity index is 1.58. The number of carbonyl (C=O) groups is 1. The summed E-state index contributed by atoms with van der Waals surface area (Å²) in [6, 6.07) is 6.35. The minimum absolute atomic E-state index is 0.229. The molecule has 8 heteroatoms. The van der Waals surface area contributed by atoms with Gasteiger partial charge >= 0.3 is 0 Å². The van der Waals surface area contributed by atoms with E-state index in [2.05, 4.69) is 36.4 Å². The fourth-order valence-corrected chi connectivity index (χ4v) is 5.49. The van der Waals surface area contributed by atoms with E-state index in [0.29, 0.717) is 28.4 Å². The maximum Gasteiger partial charge on any atom is 0.279 e. The second kappa shape index (κ2) is 8.65. The van der Waals surface area contributed by atoms with Crippen molar-refractivity contribution in [2.24, 2.45) is 11.3 Å². The van der Waals surface area contributed by atoms with E-state index in [0.717, 1.165) is 30.6 Å². The second-order valence-electron chi connectivity index (χ2n) is 9.45. The minimum atomic E-state index is -0.785. The zero-order valence-corrected chi connectivity index (χ0v) is 20.1. The molecule has 2 unspecified atom stereocenters. The van der Waals surface area contributed by atoms with Crippen molar-refractivity contribution in [2.45, 2.75) is 59.9 Å². The van der Waals surface area contributed by atoms with Gasteiger partial charge in [0.15, 0.2) is 4.83 Å². The first-order chi connectivity index (χ1) is 15.2. The van der Waals surface area contributed by atoms with Crippen molar-refractivity contribution in [2.75, 3.05) is 11.9 Å². The first-order valence-electron chi connectivity index (χ1n) is 11.1. The SMILES string of the molecule is CCOc1ccc(NC(=O)C(C)n2nnc3sc4c(c3c2=O)CCC(C(C)(C)C)C4)cc1. The summed E-state index contributed by atoms with van der Waals surface area (Å²) in [6.45, 7) is 11.0. The lowest BCUT2D eigenvalue weighted by Crippen LogP contribution is -2.34. The van der Waals surface area contributed by atoms with Gasteiger partial charge in [-0.05, 0) is 74.3 Å². The molecule has 2 heterocycles. The van der Waals surface area contributed by atoms with Gasteiger partial charge in [0.1, 0.15) is 11.8 Å². The van der Waals surface area contributed by atoms with Crippen molar-refractivity contribution < 1.29 is 9.53 Å². The minimum Gasteiger partial charge on any atom is -0.494 e. The lowest BCUT2D eigenvalue weighted by molar-refractivity contribution is -0.119. The van der Waals surface area contributed by atoms with Crippen LogP contribution in [0.25, 0.3) is 10.2 Å². The highest BCUT2D eigenvalue weighted by molar-refractivity contribution is 7.18. The van der Waals surface area contributed by atoms with Crippen LogP contribution < -0.4 is 15.6 Å². The maximum absolute atomic E-state index is 13.3. The number of hydrogen-bond donors (Lipinski definition) is 1. The third-order valence-corrected chi connectivity index (χ3v) is 7.44. The van der Waals surface area contributed by atoms with Crippen molar-refractivity contribution in [1.82, 2.24) is 15.0 Å². The molecule has 1 aliphatic rings. The molecule has 4 rings (SSSR count). The van der Waals surface area contributed by atoms with Gasteiger partial charge in [-0.3, -0.25) is 9.59 Å². The standard InChI is InChI=1S/C24H30N4O3S/c1-6-31-17-10-8-16(9-11-17)25-21(29)14(2)28-23(30)20-18-12-7-15(24(3,4)5)13-19(18)32-22(20)26-27-28/h8-11,14-15H,6-7,12-13H2,1-5H3,(H,25,29). The number of hydrogen-bond acceptors (Lipinski definition) is 6. The number of benzene rings is 1. The summed E-state index contributed by atoms with van der Waals surface area (Å²) in [7, 11) is 0. The summed E-state index contributed by atoms with van der Waals surface area (Å²) in [6.07, 6.45) is 2.88. The number of fused-ring (bicyclic) bond motifs is 3. The summed E-state index contributed by atoms with van der Waals surface area (Å²) in [5, 5.41) is 11.9. The van der Waals surface area contributed by atoms with E-state index in [1.54, 1.807) is 42.5 Å². The van der Waals surface area contributed by atoms with Gasteiger partial charge < -0.3 is 10.1 Å². The van der Waals surface area contributed by atoms with Crippen LogP contribution in [0.3, 0.4) is 0 Å². The Kier molecular flexibility index (Phi) is 6.07. The van der Waals surface area contributed by atoms with Gasteiger partial charge in [0.25, 0.3) is 5.56 Å². The van der Waals surface area contributed by atoms with Gasteiger partial charge in [0, 0.05) is 10.6 Å². The van der Waals surface area contributed by atoms with Crippen LogP contribution in [0.15, 0.2) is 29.1 Å². The maximum atomic E-state index is 13.3. The first kappa shape index (κ1) is 22.5. The molecule has 170 valence electrons.